The van der Waals surface area contributed by atoms with E-state index in [2.05, 4.69) is 5.32 Å². The summed E-state index contributed by atoms with van der Waals surface area (Å²) in [5, 5.41) is 11.8. The highest BCUT2D eigenvalue weighted by Gasteiger charge is 2.26. The first kappa shape index (κ1) is 24.6. The van der Waals surface area contributed by atoms with Crippen molar-refractivity contribution in [3.8, 4) is 5.75 Å². The monoisotopic (exact) mass is 478 g/mol. The van der Waals surface area contributed by atoms with E-state index in [1.165, 1.54) is 28.6 Å². The summed E-state index contributed by atoms with van der Waals surface area (Å²) in [6, 6.07) is 13.0. The van der Waals surface area contributed by atoms with Crippen LogP contribution < -0.4 is 10.1 Å². The summed E-state index contributed by atoms with van der Waals surface area (Å²) in [6.07, 6.45) is 0. The van der Waals surface area contributed by atoms with Crippen molar-refractivity contribution < 1.29 is 37.3 Å². The van der Waals surface area contributed by atoms with Crippen LogP contribution in [0.4, 0.5) is 0 Å². The van der Waals surface area contributed by atoms with E-state index in [0.29, 0.717) is 37.6 Å². The molecule has 3 rings (SSSR count). The number of sulfonamides is 1. The van der Waals surface area contributed by atoms with Gasteiger partial charge in [-0.2, -0.15) is 4.31 Å². The molecule has 2 N–H and O–H groups in total. The van der Waals surface area contributed by atoms with E-state index in [1.54, 1.807) is 30.3 Å². The highest BCUT2D eigenvalue weighted by atomic mass is 32.2. The Kier molecular flexibility index (Phi) is 8.78. The lowest BCUT2D eigenvalue weighted by Gasteiger charge is -2.26. The normalized spacial score (nSPS) is 15.4. The minimum Gasteiger partial charge on any atom is -0.490 e. The SMILES string of the molecule is O=C(NC(CO)C(=O)OCCOc1ccc(S(=O)(=O)N2CCOCC2)cc1)c1ccccc1. The molecule has 0 bridgehead atoms. The number of esters is 1. The van der Waals surface area contributed by atoms with E-state index in [9.17, 15) is 23.1 Å². The number of amides is 1. The number of rotatable bonds is 10. The number of nitrogens with one attached hydrogen (secondary N) is 1. The molecule has 1 unspecified atom stereocenters. The van der Waals surface area contributed by atoms with E-state index in [-0.39, 0.29) is 18.1 Å². The molecule has 0 spiro atoms. The molecule has 1 aliphatic rings. The van der Waals surface area contributed by atoms with Gasteiger partial charge in [-0.15, -0.1) is 0 Å². The number of nitrogens with zero attached hydrogens (tertiary/aromatic N) is 1. The highest BCUT2D eigenvalue weighted by Crippen LogP contribution is 2.20. The molecular weight excluding hydrogens is 452 g/mol. The van der Waals surface area contributed by atoms with Gasteiger partial charge in [-0.25, -0.2) is 13.2 Å². The number of benzene rings is 2. The molecule has 33 heavy (non-hydrogen) atoms. The lowest BCUT2D eigenvalue weighted by Crippen LogP contribution is -2.44. The number of hydrogen-bond acceptors (Lipinski definition) is 8. The molecule has 10 nitrogen and oxygen atoms in total. The van der Waals surface area contributed by atoms with Crippen molar-refractivity contribution in [3.05, 3.63) is 60.2 Å². The van der Waals surface area contributed by atoms with Crippen molar-refractivity contribution in [3.63, 3.8) is 0 Å². The number of carbonyl (C=O) groups excluding carboxylic acids is 2. The summed E-state index contributed by atoms with van der Waals surface area (Å²) >= 11 is 0. The fraction of sp³-hybridized carbons (Fsp3) is 0.364. The molecule has 2 aromatic carbocycles. The predicted molar refractivity (Wildman–Crippen MR) is 117 cm³/mol. The molecule has 0 aromatic heterocycles. The summed E-state index contributed by atoms with van der Waals surface area (Å²) in [5.41, 5.74) is 0.353. The Morgan fingerprint density at radius 3 is 2.33 bits per heavy atom. The fourth-order valence-electron chi connectivity index (χ4n) is 3.06. The van der Waals surface area contributed by atoms with Gasteiger partial charge in [-0.1, -0.05) is 18.2 Å². The molecule has 178 valence electrons. The Bertz CT molecular complexity index is 1020. The van der Waals surface area contributed by atoms with Crippen LogP contribution in [0.5, 0.6) is 5.75 Å². The van der Waals surface area contributed by atoms with E-state index in [1.807, 2.05) is 0 Å². The Balaban J connectivity index is 1.44. The molecule has 11 heteroatoms. The van der Waals surface area contributed by atoms with Crippen molar-refractivity contribution in [2.75, 3.05) is 46.1 Å². The van der Waals surface area contributed by atoms with E-state index >= 15 is 0 Å². The zero-order valence-electron chi connectivity index (χ0n) is 17.9. The second-order valence-corrected chi connectivity index (χ2v) is 9.02. The number of ether oxygens (including phenoxy) is 3. The minimum atomic E-state index is -3.59. The first-order valence-corrected chi connectivity index (χ1v) is 11.8. The van der Waals surface area contributed by atoms with Crippen molar-refractivity contribution in [1.82, 2.24) is 9.62 Å². The van der Waals surface area contributed by atoms with E-state index < -0.39 is 34.5 Å². The third kappa shape index (κ3) is 6.75. The Hall–Kier alpha value is -2.99. The van der Waals surface area contributed by atoms with Gasteiger partial charge in [0.1, 0.15) is 19.0 Å². The summed E-state index contributed by atoms with van der Waals surface area (Å²) in [7, 11) is -3.59. The van der Waals surface area contributed by atoms with Crippen LogP contribution in [0.15, 0.2) is 59.5 Å². The standard InChI is InChI=1S/C22H26N2O8S/c25-16-20(23-21(26)17-4-2-1-3-5-17)22(27)32-15-14-31-18-6-8-19(9-7-18)33(28,29)24-10-12-30-13-11-24/h1-9,20,25H,10-16H2,(H,23,26). The molecule has 1 atom stereocenters. The third-order valence-corrected chi connectivity index (χ3v) is 6.75. The van der Waals surface area contributed by atoms with Gasteiger partial charge in [0.25, 0.3) is 5.91 Å². The first-order chi connectivity index (χ1) is 15.9. The van der Waals surface area contributed by atoms with Crippen molar-refractivity contribution >= 4 is 21.9 Å². The van der Waals surface area contributed by atoms with Crippen LogP contribution in [0, 0.1) is 0 Å². The number of aliphatic hydroxyl groups is 1. The largest absolute Gasteiger partial charge is 0.490 e. The summed E-state index contributed by atoms with van der Waals surface area (Å²) in [4.78, 5) is 24.4. The highest BCUT2D eigenvalue weighted by molar-refractivity contribution is 7.89. The van der Waals surface area contributed by atoms with Crippen LogP contribution in [0.1, 0.15) is 10.4 Å². The molecule has 0 radical (unpaired) electrons. The Morgan fingerprint density at radius 2 is 1.70 bits per heavy atom. The minimum absolute atomic E-state index is 0.00603. The molecule has 1 heterocycles. The average molecular weight is 479 g/mol. The van der Waals surface area contributed by atoms with Gasteiger partial charge in [0.05, 0.1) is 24.7 Å². The number of morpholine rings is 1. The number of aliphatic hydroxyl groups excluding tert-OH is 1. The molecule has 1 saturated heterocycles. The van der Waals surface area contributed by atoms with E-state index in [4.69, 9.17) is 14.2 Å². The molecule has 1 fully saturated rings. The smallest absolute Gasteiger partial charge is 0.331 e. The van der Waals surface area contributed by atoms with Crippen LogP contribution in [-0.2, 0) is 24.3 Å². The second-order valence-electron chi connectivity index (χ2n) is 7.08. The zero-order chi connectivity index (χ0) is 23.7. The van der Waals surface area contributed by atoms with Gasteiger partial charge in [0, 0.05) is 18.7 Å². The molecule has 0 saturated carbocycles. The van der Waals surface area contributed by atoms with Crippen LogP contribution in [0.25, 0.3) is 0 Å². The maximum Gasteiger partial charge on any atom is 0.331 e. The maximum absolute atomic E-state index is 12.6. The topological polar surface area (TPSA) is 131 Å². The van der Waals surface area contributed by atoms with Crippen molar-refractivity contribution in [2.24, 2.45) is 0 Å². The second kappa shape index (κ2) is 11.8. The number of carbonyl (C=O) groups is 2. The molecular formula is C22H26N2O8S. The zero-order valence-corrected chi connectivity index (χ0v) is 18.7. The lowest BCUT2D eigenvalue weighted by atomic mass is 10.2. The van der Waals surface area contributed by atoms with Crippen molar-refractivity contribution in [2.45, 2.75) is 10.9 Å². The Labute approximate surface area is 192 Å². The van der Waals surface area contributed by atoms with Crippen LogP contribution in [0.3, 0.4) is 0 Å². The maximum atomic E-state index is 12.6. The van der Waals surface area contributed by atoms with E-state index in [0.717, 1.165) is 0 Å². The van der Waals surface area contributed by atoms with Gasteiger partial charge in [-0.05, 0) is 36.4 Å². The summed E-state index contributed by atoms with van der Waals surface area (Å²) in [5.74, 6) is -0.893. The average Bonchev–Trinajstić information content (AvgIpc) is 2.86. The lowest BCUT2D eigenvalue weighted by molar-refractivity contribution is -0.147. The quantitative estimate of drug-likeness (QED) is 0.371. The molecule has 2 aromatic rings. The van der Waals surface area contributed by atoms with Gasteiger partial charge in [0.2, 0.25) is 10.0 Å². The van der Waals surface area contributed by atoms with Crippen LogP contribution >= 0.6 is 0 Å². The third-order valence-electron chi connectivity index (χ3n) is 4.84. The first-order valence-electron chi connectivity index (χ1n) is 10.4. The van der Waals surface area contributed by atoms with Crippen LogP contribution in [-0.4, -0.2) is 81.9 Å². The summed E-state index contributed by atoms with van der Waals surface area (Å²) < 4.78 is 42.3. The van der Waals surface area contributed by atoms with Gasteiger partial charge >= 0.3 is 5.97 Å². The fourth-order valence-corrected chi connectivity index (χ4v) is 4.46. The summed E-state index contributed by atoms with van der Waals surface area (Å²) in [6.45, 7) is 0.630. The van der Waals surface area contributed by atoms with Gasteiger partial charge in [-0.3, -0.25) is 4.79 Å². The van der Waals surface area contributed by atoms with Crippen LogP contribution in [0.2, 0.25) is 0 Å². The van der Waals surface area contributed by atoms with Crippen molar-refractivity contribution in [1.29, 1.82) is 0 Å². The van der Waals surface area contributed by atoms with Gasteiger partial charge in [0.15, 0.2) is 6.04 Å². The molecule has 1 amide bonds. The van der Waals surface area contributed by atoms with Gasteiger partial charge < -0.3 is 24.6 Å². The number of hydrogen-bond donors (Lipinski definition) is 2. The Morgan fingerprint density at radius 1 is 1.03 bits per heavy atom. The predicted octanol–water partition coefficient (Wildman–Crippen LogP) is 0.420. The molecule has 0 aliphatic carbocycles. The molecule has 1 aliphatic heterocycles.